The van der Waals surface area contributed by atoms with E-state index in [1.165, 1.54) is 5.56 Å². The second-order valence-corrected chi connectivity index (χ2v) is 4.53. The molecule has 3 nitrogen and oxygen atoms in total. The van der Waals surface area contributed by atoms with Crippen LogP contribution < -0.4 is 5.32 Å². The molecule has 15 heavy (non-hydrogen) atoms. The van der Waals surface area contributed by atoms with Gasteiger partial charge in [0.05, 0.1) is 0 Å². The van der Waals surface area contributed by atoms with Gasteiger partial charge in [-0.05, 0) is 23.5 Å². The zero-order valence-electron chi connectivity index (χ0n) is 9.37. The van der Waals surface area contributed by atoms with Crippen molar-refractivity contribution in [3.8, 4) is 0 Å². The van der Waals surface area contributed by atoms with Crippen LogP contribution in [0.25, 0.3) is 0 Å². The van der Waals surface area contributed by atoms with Crippen LogP contribution in [0.15, 0.2) is 12.3 Å². The minimum absolute atomic E-state index is 0.0571. The molecule has 1 N–H and O–H groups in total. The summed E-state index contributed by atoms with van der Waals surface area (Å²) in [6, 6.07) is 2.16. The van der Waals surface area contributed by atoms with E-state index < -0.39 is 0 Å². The molecule has 0 spiro atoms. The van der Waals surface area contributed by atoms with Gasteiger partial charge in [-0.25, -0.2) is 4.98 Å². The number of anilines is 1. The summed E-state index contributed by atoms with van der Waals surface area (Å²) in [5, 5.41) is 2.83. The molecule has 80 valence electrons. The lowest BCUT2D eigenvalue weighted by Crippen LogP contribution is -2.28. The number of rotatable bonds is 1. The zero-order valence-corrected chi connectivity index (χ0v) is 9.37. The van der Waals surface area contributed by atoms with Gasteiger partial charge < -0.3 is 5.32 Å². The Morgan fingerprint density at radius 2 is 2.27 bits per heavy atom. The molecular formula is C12H16N2O. The highest BCUT2D eigenvalue weighted by atomic mass is 16.2. The molecule has 1 aromatic heterocycles. The first kappa shape index (κ1) is 10.1. The van der Waals surface area contributed by atoms with Crippen LogP contribution in [0, 0.1) is 5.92 Å². The van der Waals surface area contributed by atoms with E-state index in [9.17, 15) is 4.79 Å². The fraction of sp³-hybridized carbons (Fsp3) is 0.500. The summed E-state index contributed by atoms with van der Waals surface area (Å²) in [5.74, 6) is 1.35. The Hall–Kier alpha value is -1.38. The molecule has 1 aromatic rings. The molecule has 0 saturated heterocycles. The topological polar surface area (TPSA) is 42.0 Å². The first-order valence-corrected chi connectivity index (χ1v) is 5.37. The smallest absolute Gasteiger partial charge is 0.228 e. The van der Waals surface area contributed by atoms with Gasteiger partial charge in [-0.15, -0.1) is 0 Å². The summed E-state index contributed by atoms with van der Waals surface area (Å²) >= 11 is 0. The number of nitrogens with one attached hydrogen (secondary N) is 1. The maximum atomic E-state index is 11.4. The summed E-state index contributed by atoms with van der Waals surface area (Å²) in [7, 11) is 0. The Morgan fingerprint density at radius 3 is 2.93 bits per heavy atom. The van der Waals surface area contributed by atoms with Crippen LogP contribution >= 0.6 is 0 Å². The van der Waals surface area contributed by atoms with Gasteiger partial charge in [-0.1, -0.05) is 26.8 Å². The van der Waals surface area contributed by atoms with Crippen LogP contribution in [-0.2, 0) is 11.2 Å². The zero-order chi connectivity index (χ0) is 11.0. The molecule has 1 amide bonds. The van der Waals surface area contributed by atoms with E-state index in [4.69, 9.17) is 0 Å². The summed E-state index contributed by atoms with van der Waals surface area (Å²) in [6.07, 6.45) is 2.65. The molecule has 2 heterocycles. The maximum absolute atomic E-state index is 11.4. The van der Waals surface area contributed by atoms with Gasteiger partial charge in [0, 0.05) is 12.1 Å². The maximum Gasteiger partial charge on any atom is 0.228 e. The molecular weight excluding hydrogens is 188 g/mol. The van der Waals surface area contributed by atoms with Crippen molar-refractivity contribution in [1.82, 2.24) is 4.98 Å². The standard InChI is InChI=1S/C12H16N2O/c1-7(2)10-5-9-4-8(3)12(15)14-11(9)13-6-10/h5-8H,4H2,1-3H3,(H,13,14,15). The average molecular weight is 204 g/mol. The molecule has 0 aliphatic carbocycles. The highest BCUT2D eigenvalue weighted by Gasteiger charge is 2.23. The van der Waals surface area contributed by atoms with Crippen molar-refractivity contribution in [3.05, 3.63) is 23.4 Å². The highest BCUT2D eigenvalue weighted by molar-refractivity contribution is 5.94. The van der Waals surface area contributed by atoms with Crippen molar-refractivity contribution in [2.75, 3.05) is 5.32 Å². The third kappa shape index (κ3) is 1.87. The van der Waals surface area contributed by atoms with Gasteiger partial charge in [-0.2, -0.15) is 0 Å². The fourth-order valence-corrected chi connectivity index (χ4v) is 1.78. The number of carbonyl (C=O) groups is 1. The minimum Gasteiger partial charge on any atom is -0.310 e. The SMILES string of the molecule is CC1Cc2cc(C(C)C)cnc2NC1=O. The number of nitrogens with zero attached hydrogens (tertiary/aromatic N) is 1. The lowest BCUT2D eigenvalue weighted by atomic mass is 9.94. The van der Waals surface area contributed by atoms with Crippen LogP contribution in [0.3, 0.4) is 0 Å². The van der Waals surface area contributed by atoms with Crippen molar-refractivity contribution < 1.29 is 4.79 Å². The van der Waals surface area contributed by atoms with Crippen molar-refractivity contribution in [2.24, 2.45) is 5.92 Å². The number of hydrogen-bond donors (Lipinski definition) is 1. The van der Waals surface area contributed by atoms with Gasteiger partial charge in [0.15, 0.2) is 0 Å². The Morgan fingerprint density at radius 1 is 1.53 bits per heavy atom. The van der Waals surface area contributed by atoms with E-state index in [0.717, 1.165) is 17.8 Å². The summed E-state index contributed by atoms with van der Waals surface area (Å²) in [5.41, 5.74) is 2.39. The summed E-state index contributed by atoms with van der Waals surface area (Å²) in [4.78, 5) is 15.7. The van der Waals surface area contributed by atoms with Crippen LogP contribution in [0.4, 0.5) is 5.82 Å². The van der Waals surface area contributed by atoms with Crippen molar-refractivity contribution in [2.45, 2.75) is 33.1 Å². The average Bonchev–Trinajstić information content (AvgIpc) is 2.19. The summed E-state index contributed by atoms with van der Waals surface area (Å²) in [6.45, 7) is 6.24. The number of carbonyl (C=O) groups excluding carboxylic acids is 1. The lowest BCUT2D eigenvalue weighted by Gasteiger charge is -2.21. The molecule has 3 heteroatoms. The van der Waals surface area contributed by atoms with Crippen LogP contribution in [0.1, 0.15) is 37.8 Å². The quantitative estimate of drug-likeness (QED) is 0.762. The largest absolute Gasteiger partial charge is 0.310 e. The van der Waals surface area contributed by atoms with E-state index in [2.05, 4.69) is 30.2 Å². The molecule has 1 aliphatic rings. The molecule has 2 rings (SSSR count). The van der Waals surface area contributed by atoms with Gasteiger partial charge in [0.1, 0.15) is 5.82 Å². The normalized spacial score (nSPS) is 20.0. The van der Waals surface area contributed by atoms with Gasteiger partial charge >= 0.3 is 0 Å². The second-order valence-electron chi connectivity index (χ2n) is 4.53. The van der Waals surface area contributed by atoms with Crippen molar-refractivity contribution in [3.63, 3.8) is 0 Å². The molecule has 0 bridgehead atoms. The second kappa shape index (κ2) is 3.65. The van der Waals surface area contributed by atoms with Crippen LogP contribution in [0.2, 0.25) is 0 Å². The molecule has 1 aliphatic heterocycles. The first-order chi connectivity index (χ1) is 7.08. The Balaban J connectivity index is 2.37. The number of aromatic nitrogens is 1. The number of fused-ring (bicyclic) bond motifs is 1. The van der Waals surface area contributed by atoms with Crippen molar-refractivity contribution >= 4 is 11.7 Å². The van der Waals surface area contributed by atoms with E-state index in [0.29, 0.717) is 5.92 Å². The number of pyridine rings is 1. The van der Waals surface area contributed by atoms with Gasteiger partial charge in [0.25, 0.3) is 0 Å². The predicted molar refractivity (Wildman–Crippen MR) is 59.8 cm³/mol. The molecule has 1 atom stereocenters. The van der Waals surface area contributed by atoms with Gasteiger partial charge in [0.2, 0.25) is 5.91 Å². The minimum atomic E-state index is 0.0571. The Labute approximate surface area is 89.9 Å². The third-order valence-electron chi connectivity index (χ3n) is 2.87. The lowest BCUT2D eigenvalue weighted by molar-refractivity contribution is -0.119. The molecule has 0 fully saturated rings. The predicted octanol–water partition coefficient (Wildman–Crippen LogP) is 2.34. The van der Waals surface area contributed by atoms with E-state index in [1.54, 1.807) is 0 Å². The fourth-order valence-electron chi connectivity index (χ4n) is 1.78. The number of amides is 1. The first-order valence-electron chi connectivity index (χ1n) is 5.37. The molecule has 1 unspecified atom stereocenters. The van der Waals surface area contributed by atoms with Crippen molar-refractivity contribution in [1.29, 1.82) is 0 Å². The van der Waals surface area contributed by atoms with Gasteiger partial charge in [-0.3, -0.25) is 4.79 Å². The molecule has 0 aromatic carbocycles. The Bertz CT molecular complexity index is 399. The number of hydrogen-bond acceptors (Lipinski definition) is 2. The third-order valence-corrected chi connectivity index (χ3v) is 2.87. The molecule has 0 radical (unpaired) electrons. The van der Waals surface area contributed by atoms with E-state index in [1.807, 2.05) is 13.1 Å². The Kier molecular flexibility index (Phi) is 2.47. The van der Waals surface area contributed by atoms with E-state index >= 15 is 0 Å². The highest BCUT2D eigenvalue weighted by Crippen LogP contribution is 2.26. The monoisotopic (exact) mass is 204 g/mol. The van der Waals surface area contributed by atoms with E-state index in [-0.39, 0.29) is 11.8 Å². The van der Waals surface area contributed by atoms with Crippen LogP contribution in [-0.4, -0.2) is 10.9 Å². The summed E-state index contributed by atoms with van der Waals surface area (Å²) < 4.78 is 0. The molecule has 0 saturated carbocycles. The van der Waals surface area contributed by atoms with Crippen LogP contribution in [0.5, 0.6) is 0 Å².